The number of hydrogen-bond donors (Lipinski definition) is 2. The van der Waals surface area contributed by atoms with Gasteiger partial charge in [0.05, 0.1) is 10.6 Å². The molecule has 3 aromatic rings. The second kappa shape index (κ2) is 7.43. The van der Waals surface area contributed by atoms with E-state index < -0.39 is 22.3 Å². The van der Waals surface area contributed by atoms with Crippen LogP contribution in [0.5, 0.6) is 5.75 Å². The van der Waals surface area contributed by atoms with Crippen molar-refractivity contribution < 1.29 is 19.2 Å². The van der Waals surface area contributed by atoms with Crippen LogP contribution in [0.1, 0.15) is 19.2 Å². The van der Waals surface area contributed by atoms with Crippen LogP contribution < -0.4 is 15.4 Å². The molecular weight excluding hydrogens is 392 g/mol. The van der Waals surface area contributed by atoms with Gasteiger partial charge in [0.15, 0.2) is 5.65 Å². The summed E-state index contributed by atoms with van der Waals surface area (Å²) >= 11 is 0. The molecule has 4 rings (SSSR count). The molecule has 11 heteroatoms. The Labute approximate surface area is 170 Å². The molecule has 0 saturated carbocycles. The monoisotopic (exact) mass is 410 g/mol. The molecule has 11 nitrogen and oxygen atoms in total. The molecule has 2 N–H and O–H groups in total. The highest BCUT2D eigenvalue weighted by Gasteiger charge is 2.47. The lowest BCUT2D eigenvalue weighted by molar-refractivity contribution is -0.384. The van der Waals surface area contributed by atoms with Crippen molar-refractivity contribution in [1.29, 1.82) is 0 Å². The fourth-order valence-electron chi connectivity index (χ4n) is 3.15. The number of anilines is 1. The van der Waals surface area contributed by atoms with Crippen molar-refractivity contribution in [2.24, 2.45) is 0 Å². The number of aryl methyl sites for hydroxylation is 1. The molecule has 2 aromatic heterocycles. The summed E-state index contributed by atoms with van der Waals surface area (Å²) < 4.78 is 7.49. The van der Waals surface area contributed by atoms with Crippen molar-refractivity contribution in [3.05, 3.63) is 58.5 Å². The third-order valence-corrected chi connectivity index (χ3v) is 4.85. The normalized spacial score (nSPS) is 17.7. The first kappa shape index (κ1) is 19.3. The van der Waals surface area contributed by atoms with Gasteiger partial charge in [-0.1, -0.05) is 6.07 Å². The van der Waals surface area contributed by atoms with E-state index in [2.05, 4.69) is 20.8 Å². The predicted octanol–water partition coefficient (Wildman–Crippen LogP) is 1.48. The zero-order valence-corrected chi connectivity index (χ0v) is 16.0. The lowest BCUT2D eigenvalue weighted by atomic mass is 10.0. The van der Waals surface area contributed by atoms with Crippen molar-refractivity contribution in [3.63, 3.8) is 0 Å². The minimum Gasteiger partial charge on any atom is -0.466 e. The van der Waals surface area contributed by atoms with Gasteiger partial charge >= 0.3 is 0 Å². The van der Waals surface area contributed by atoms with Crippen LogP contribution >= 0.6 is 0 Å². The SMILES string of the molecule is CC1(C(=O)NCCCc2nnc3ccccn23)Oc2ccc([N+](=O)[O-])cc2NC1=O. The average Bonchev–Trinajstić information content (AvgIpc) is 3.14. The van der Waals surface area contributed by atoms with Gasteiger partial charge in [0.2, 0.25) is 0 Å². The quantitative estimate of drug-likeness (QED) is 0.271. The Kier molecular flexibility index (Phi) is 4.78. The Morgan fingerprint density at radius 1 is 1.33 bits per heavy atom. The van der Waals surface area contributed by atoms with Gasteiger partial charge in [-0.15, -0.1) is 10.2 Å². The van der Waals surface area contributed by atoms with Gasteiger partial charge in [0.1, 0.15) is 11.6 Å². The van der Waals surface area contributed by atoms with E-state index in [1.165, 1.54) is 25.1 Å². The zero-order chi connectivity index (χ0) is 21.3. The summed E-state index contributed by atoms with van der Waals surface area (Å²) in [6.45, 7) is 1.66. The van der Waals surface area contributed by atoms with E-state index in [1.807, 2.05) is 28.8 Å². The molecule has 0 spiro atoms. The molecule has 0 radical (unpaired) electrons. The van der Waals surface area contributed by atoms with Crippen LogP contribution in [0, 0.1) is 10.1 Å². The molecule has 1 atom stereocenters. The summed E-state index contributed by atoms with van der Waals surface area (Å²) in [5.41, 5.74) is -1.08. The topological polar surface area (TPSA) is 141 Å². The van der Waals surface area contributed by atoms with Crippen LogP contribution in [-0.2, 0) is 16.0 Å². The van der Waals surface area contributed by atoms with Crippen LogP contribution in [-0.4, -0.2) is 43.5 Å². The Balaban J connectivity index is 1.38. The first-order chi connectivity index (χ1) is 14.4. The Hall–Kier alpha value is -4.02. The molecule has 0 saturated heterocycles. The molecule has 0 aliphatic carbocycles. The lowest BCUT2D eigenvalue weighted by Crippen LogP contribution is -2.58. The van der Waals surface area contributed by atoms with Crippen LogP contribution in [0.2, 0.25) is 0 Å². The van der Waals surface area contributed by atoms with Gasteiger partial charge < -0.3 is 15.4 Å². The van der Waals surface area contributed by atoms with Crippen LogP contribution in [0.4, 0.5) is 11.4 Å². The van der Waals surface area contributed by atoms with Gasteiger partial charge in [-0.05, 0) is 31.5 Å². The maximum Gasteiger partial charge on any atom is 0.278 e. The fraction of sp³-hybridized carbons (Fsp3) is 0.263. The highest BCUT2D eigenvalue weighted by molar-refractivity contribution is 6.15. The highest BCUT2D eigenvalue weighted by atomic mass is 16.6. The summed E-state index contributed by atoms with van der Waals surface area (Å²) in [6, 6.07) is 9.40. The summed E-state index contributed by atoms with van der Waals surface area (Å²) in [4.78, 5) is 35.4. The van der Waals surface area contributed by atoms with E-state index in [1.54, 1.807) is 0 Å². The number of carbonyl (C=O) groups excluding carboxylic acids is 2. The molecule has 1 aromatic carbocycles. The first-order valence-electron chi connectivity index (χ1n) is 9.24. The number of non-ortho nitro benzene ring substituents is 1. The number of amides is 2. The second-order valence-corrected chi connectivity index (χ2v) is 6.93. The molecule has 1 unspecified atom stereocenters. The number of rotatable bonds is 6. The standard InChI is InChI=1S/C19H18N6O5/c1-19(18(27)21-13-11-12(25(28)29)7-8-14(13)30-19)17(26)20-9-4-6-16-23-22-15-5-2-3-10-24(15)16/h2-3,5,7-8,10-11H,4,6,9H2,1H3,(H,20,26)(H,21,27). The average molecular weight is 410 g/mol. The summed E-state index contributed by atoms with van der Waals surface area (Å²) in [5, 5.41) is 24.3. The maximum atomic E-state index is 12.7. The number of benzene rings is 1. The van der Waals surface area contributed by atoms with Crippen LogP contribution in [0.25, 0.3) is 5.65 Å². The van der Waals surface area contributed by atoms with Gasteiger partial charge in [-0.3, -0.25) is 24.1 Å². The van der Waals surface area contributed by atoms with E-state index in [9.17, 15) is 19.7 Å². The van der Waals surface area contributed by atoms with E-state index >= 15 is 0 Å². The predicted molar refractivity (Wildman–Crippen MR) is 105 cm³/mol. The summed E-state index contributed by atoms with van der Waals surface area (Å²) in [6.07, 6.45) is 3.04. The molecule has 0 bridgehead atoms. The third kappa shape index (κ3) is 3.41. The van der Waals surface area contributed by atoms with E-state index in [-0.39, 0.29) is 17.1 Å². The molecule has 154 valence electrons. The van der Waals surface area contributed by atoms with Gasteiger partial charge in [0.25, 0.3) is 23.1 Å². The number of fused-ring (bicyclic) bond motifs is 2. The number of nitrogens with zero attached hydrogens (tertiary/aromatic N) is 4. The number of aromatic nitrogens is 3. The highest BCUT2D eigenvalue weighted by Crippen LogP contribution is 2.36. The minimum atomic E-state index is -1.79. The minimum absolute atomic E-state index is 0.151. The van der Waals surface area contributed by atoms with E-state index in [4.69, 9.17) is 4.74 Å². The van der Waals surface area contributed by atoms with Crippen molar-refractivity contribution in [1.82, 2.24) is 19.9 Å². The molecule has 2 amide bonds. The van der Waals surface area contributed by atoms with Gasteiger partial charge in [-0.2, -0.15) is 0 Å². The fourth-order valence-corrected chi connectivity index (χ4v) is 3.15. The number of ether oxygens (including phenoxy) is 1. The van der Waals surface area contributed by atoms with Crippen LogP contribution in [0.15, 0.2) is 42.6 Å². The van der Waals surface area contributed by atoms with Crippen molar-refractivity contribution in [2.45, 2.75) is 25.4 Å². The molecule has 0 fully saturated rings. The lowest BCUT2D eigenvalue weighted by Gasteiger charge is -2.33. The largest absolute Gasteiger partial charge is 0.466 e. The van der Waals surface area contributed by atoms with Crippen molar-refractivity contribution in [2.75, 3.05) is 11.9 Å². The molecule has 3 heterocycles. The summed E-state index contributed by atoms with van der Waals surface area (Å²) in [5.74, 6) is -0.340. The second-order valence-electron chi connectivity index (χ2n) is 6.93. The zero-order valence-electron chi connectivity index (χ0n) is 16.0. The molecular formula is C19H18N6O5. The Morgan fingerprint density at radius 2 is 2.17 bits per heavy atom. The molecule has 30 heavy (non-hydrogen) atoms. The van der Waals surface area contributed by atoms with Crippen molar-refractivity contribution >= 4 is 28.8 Å². The van der Waals surface area contributed by atoms with E-state index in [0.29, 0.717) is 19.4 Å². The third-order valence-electron chi connectivity index (χ3n) is 4.85. The van der Waals surface area contributed by atoms with E-state index in [0.717, 1.165) is 11.5 Å². The van der Waals surface area contributed by atoms with Crippen LogP contribution in [0.3, 0.4) is 0 Å². The molecule has 1 aliphatic rings. The number of nitro benzene ring substituents is 1. The number of carbonyl (C=O) groups is 2. The van der Waals surface area contributed by atoms with Gasteiger partial charge in [0, 0.05) is 31.3 Å². The first-order valence-corrected chi connectivity index (χ1v) is 9.24. The maximum absolute atomic E-state index is 12.7. The summed E-state index contributed by atoms with van der Waals surface area (Å²) in [7, 11) is 0. The molecule has 1 aliphatic heterocycles. The number of pyridine rings is 1. The Morgan fingerprint density at radius 3 is 2.97 bits per heavy atom. The smallest absolute Gasteiger partial charge is 0.278 e. The Bertz CT molecular complexity index is 1160. The number of nitrogens with one attached hydrogen (secondary N) is 2. The van der Waals surface area contributed by atoms with Gasteiger partial charge in [-0.25, -0.2) is 0 Å². The van der Waals surface area contributed by atoms with Crippen molar-refractivity contribution in [3.8, 4) is 5.75 Å². The number of nitro groups is 1. The number of hydrogen-bond acceptors (Lipinski definition) is 7.